The van der Waals surface area contributed by atoms with Crippen LogP contribution in [0.5, 0.6) is 5.75 Å². The van der Waals surface area contributed by atoms with Gasteiger partial charge in [-0.05, 0) is 55.7 Å². The summed E-state index contributed by atoms with van der Waals surface area (Å²) in [6.45, 7) is 4.42. The highest BCUT2D eigenvalue weighted by Gasteiger charge is 2.40. The molecule has 0 spiro atoms. The number of hydrogen-bond acceptors (Lipinski definition) is 5. The van der Waals surface area contributed by atoms with Gasteiger partial charge in [-0.15, -0.1) is 0 Å². The van der Waals surface area contributed by atoms with Crippen molar-refractivity contribution in [3.05, 3.63) is 71.0 Å². The monoisotopic (exact) mass is 440 g/mol. The Morgan fingerprint density at radius 1 is 1.23 bits per heavy atom. The molecule has 4 rings (SSSR count). The molecule has 1 fully saturated rings. The number of hydrazine groups is 1. The molecule has 8 heteroatoms. The predicted octanol–water partition coefficient (Wildman–Crippen LogP) is 3.62. The summed E-state index contributed by atoms with van der Waals surface area (Å²) in [5.74, 6) is 0.406. The third kappa shape index (κ3) is 4.68. The molecule has 1 saturated heterocycles. The van der Waals surface area contributed by atoms with E-state index in [1.165, 1.54) is 4.90 Å². The zero-order valence-corrected chi connectivity index (χ0v) is 18.2. The van der Waals surface area contributed by atoms with Gasteiger partial charge in [0.25, 0.3) is 5.91 Å². The van der Waals surface area contributed by atoms with E-state index in [2.05, 4.69) is 10.7 Å². The van der Waals surface area contributed by atoms with E-state index in [1.807, 2.05) is 49.2 Å². The summed E-state index contributed by atoms with van der Waals surface area (Å²) in [5.41, 5.74) is 5.98. The van der Waals surface area contributed by atoms with Crippen molar-refractivity contribution < 1.29 is 14.3 Å². The van der Waals surface area contributed by atoms with Crippen LogP contribution in [0.15, 0.2) is 54.9 Å². The van der Waals surface area contributed by atoms with Crippen LogP contribution in [-0.2, 0) is 9.59 Å². The number of hydrogen-bond donors (Lipinski definition) is 2. The van der Waals surface area contributed by atoms with Crippen molar-refractivity contribution >= 4 is 29.1 Å². The molecular weight excluding hydrogens is 416 g/mol. The third-order valence-corrected chi connectivity index (χ3v) is 5.69. The fourth-order valence-corrected chi connectivity index (χ4v) is 4.10. The Morgan fingerprint density at radius 2 is 2.00 bits per heavy atom. The highest BCUT2D eigenvalue weighted by molar-refractivity contribution is 6.33. The predicted molar refractivity (Wildman–Crippen MR) is 119 cm³/mol. The summed E-state index contributed by atoms with van der Waals surface area (Å²) in [7, 11) is 0. The minimum absolute atomic E-state index is 0.00872. The number of benzene rings is 2. The quantitative estimate of drug-likeness (QED) is 0.717. The summed E-state index contributed by atoms with van der Waals surface area (Å²) in [6, 6.07) is 12.9. The van der Waals surface area contributed by atoms with Gasteiger partial charge in [-0.1, -0.05) is 29.8 Å². The number of halogens is 1. The molecule has 2 N–H and O–H groups in total. The Balaban J connectivity index is 1.38. The first kappa shape index (κ1) is 21.2. The zero-order valence-electron chi connectivity index (χ0n) is 17.5. The molecule has 2 amide bonds. The number of nitrogens with one attached hydrogen (secondary N) is 2. The third-order valence-electron chi connectivity index (χ3n) is 5.38. The molecule has 2 aliphatic heterocycles. The average molecular weight is 441 g/mol. The molecule has 0 saturated carbocycles. The van der Waals surface area contributed by atoms with E-state index in [0.717, 1.165) is 16.9 Å². The first-order valence-electron chi connectivity index (χ1n) is 10.3. The van der Waals surface area contributed by atoms with E-state index < -0.39 is 0 Å². The highest BCUT2D eigenvalue weighted by Crippen LogP contribution is 2.31. The molecule has 7 nitrogen and oxygen atoms in total. The lowest BCUT2D eigenvalue weighted by Gasteiger charge is -2.31. The standard InChI is InChI=1S/C23H25ClN4O3/c1-3-31-17-7-5-16(6-8-17)20-13-21-23(30)27(10-11-28(21)26-20)14-22(29)25-19-9-4-15(2)12-18(19)24/h4-12,20-21,26H,3,13-14H2,1-2H3,(H,25,29). The fraction of sp³-hybridized carbons (Fsp3) is 0.304. The molecule has 2 heterocycles. The maximum atomic E-state index is 13.0. The molecule has 0 bridgehead atoms. The maximum Gasteiger partial charge on any atom is 0.251 e. The lowest BCUT2D eigenvalue weighted by Crippen LogP contribution is -2.49. The van der Waals surface area contributed by atoms with Gasteiger partial charge >= 0.3 is 0 Å². The van der Waals surface area contributed by atoms with Crippen molar-refractivity contribution in [1.29, 1.82) is 0 Å². The lowest BCUT2D eigenvalue weighted by molar-refractivity contribution is -0.137. The van der Waals surface area contributed by atoms with Crippen molar-refractivity contribution in [3.63, 3.8) is 0 Å². The Morgan fingerprint density at radius 3 is 2.71 bits per heavy atom. The minimum Gasteiger partial charge on any atom is -0.494 e. The summed E-state index contributed by atoms with van der Waals surface area (Å²) >= 11 is 6.19. The second-order valence-electron chi connectivity index (χ2n) is 7.64. The van der Waals surface area contributed by atoms with E-state index in [4.69, 9.17) is 16.3 Å². The van der Waals surface area contributed by atoms with Gasteiger partial charge < -0.3 is 20.0 Å². The van der Waals surface area contributed by atoms with E-state index in [1.54, 1.807) is 24.5 Å². The van der Waals surface area contributed by atoms with Gasteiger partial charge in [0, 0.05) is 12.4 Å². The van der Waals surface area contributed by atoms with Gasteiger partial charge in [0.05, 0.1) is 23.4 Å². The number of nitrogens with zero attached hydrogens (tertiary/aromatic N) is 2. The van der Waals surface area contributed by atoms with Gasteiger partial charge in [0.1, 0.15) is 18.3 Å². The Kier molecular flexibility index (Phi) is 6.15. The number of carbonyl (C=O) groups excluding carboxylic acids is 2. The molecule has 2 aliphatic rings. The first-order chi connectivity index (χ1) is 14.9. The van der Waals surface area contributed by atoms with Crippen LogP contribution in [0.3, 0.4) is 0 Å². The molecule has 0 radical (unpaired) electrons. The molecule has 162 valence electrons. The molecule has 0 aliphatic carbocycles. The summed E-state index contributed by atoms with van der Waals surface area (Å²) in [6.07, 6.45) is 4.04. The number of ether oxygens (including phenoxy) is 1. The molecule has 0 aromatic heterocycles. The van der Waals surface area contributed by atoms with Crippen molar-refractivity contribution in [2.75, 3.05) is 18.5 Å². The van der Waals surface area contributed by atoms with Crippen LogP contribution in [-0.4, -0.2) is 40.9 Å². The maximum absolute atomic E-state index is 13.0. The molecule has 31 heavy (non-hydrogen) atoms. The smallest absolute Gasteiger partial charge is 0.251 e. The minimum atomic E-state index is -0.364. The Hall–Kier alpha value is -3.03. The molecule has 2 unspecified atom stereocenters. The van der Waals surface area contributed by atoms with Gasteiger partial charge in [-0.25, -0.2) is 5.43 Å². The van der Waals surface area contributed by atoms with E-state index >= 15 is 0 Å². The largest absolute Gasteiger partial charge is 0.494 e. The normalized spacial score (nSPS) is 20.0. The van der Waals surface area contributed by atoms with Gasteiger partial charge in [0.2, 0.25) is 5.91 Å². The van der Waals surface area contributed by atoms with Crippen LogP contribution in [0.2, 0.25) is 5.02 Å². The van der Waals surface area contributed by atoms with Crippen molar-refractivity contribution in [1.82, 2.24) is 15.3 Å². The summed E-state index contributed by atoms with van der Waals surface area (Å²) in [5, 5.41) is 5.06. The van der Waals surface area contributed by atoms with Crippen LogP contribution in [0, 0.1) is 6.92 Å². The zero-order chi connectivity index (χ0) is 22.0. The van der Waals surface area contributed by atoms with E-state index in [-0.39, 0.29) is 30.4 Å². The van der Waals surface area contributed by atoms with Crippen LogP contribution in [0.4, 0.5) is 5.69 Å². The second kappa shape index (κ2) is 8.99. The second-order valence-corrected chi connectivity index (χ2v) is 8.05. The van der Waals surface area contributed by atoms with Crippen LogP contribution < -0.4 is 15.5 Å². The Labute approximate surface area is 186 Å². The van der Waals surface area contributed by atoms with Crippen molar-refractivity contribution in [2.45, 2.75) is 32.4 Å². The van der Waals surface area contributed by atoms with Crippen LogP contribution >= 0.6 is 11.6 Å². The number of fused-ring (bicyclic) bond motifs is 1. The number of aryl methyl sites for hydroxylation is 1. The highest BCUT2D eigenvalue weighted by atomic mass is 35.5. The summed E-state index contributed by atoms with van der Waals surface area (Å²) in [4.78, 5) is 26.9. The van der Waals surface area contributed by atoms with E-state index in [9.17, 15) is 9.59 Å². The molecule has 2 aromatic carbocycles. The Bertz CT molecular complexity index is 1010. The summed E-state index contributed by atoms with van der Waals surface area (Å²) < 4.78 is 5.49. The number of amides is 2. The molecule has 2 aromatic rings. The van der Waals surface area contributed by atoms with Crippen LogP contribution in [0.25, 0.3) is 0 Å². The van der Waals surface area contributed by atoms with Crippen LogP contribution in [0.1, 0.15) is 30.5 Å². The molecule has 2 atom stereocenters. The van der Waals surface area contributed by atoms with Crippen molar-refractivity contribution in [2.24, 2.45) is 0 Å². The number of rotatable bonds is 6. The average Bonchev–Trinajstić information content (AvgIpc) is 3.18. The van der Waals surface area contributed by atoms with Gasteiger partial charge in [-0.2, -0.15) is 0 Å². The van der Waals surface area contributed by atoms with Crippen molar-refractivity contribution in [3.8, 4) is 5.75 Å². The molecular formula is C23H25ClN4O3. The number of anilines is 1. The SMILES string of the molecule is CCOc1ccc(C2CC3C(=O)N(CC(=O)Nc4ccc(C)cc4Cl)C=CN3N2)cc1. The topological polar surface area (TPSA) is 73.9 Å². The fourth-order valence-electron chi connectivity index (χ4n) is 3.81. The van der Waals surface area contributed by atoms with Gasteiger partial charge in [0.15, 0.2) is 0 Å². The lowest BCUT2D eigenvalue weighted by atomic mass is 10.0. The van der Waals surface area contributed by atoms with E-state index in [0.29, 0.717) is 23.7 Å². The first-order valence-corrected chi connectivity index (χ1v) is 10.6. The van der Waals surface area contributed by atoms with Gasteiger partial charge in [-0.3, -0.25) is 9.59 Å². The number of carbonyl (C=O) groups is 2.